The summed E-state index contributed by atoms with van der Waals surface area (Å²) >= 11 is 0. The van der Waals surface area contributed by atoms with Crippen LogP contribution in [0.2, 0.25) is 0 Å². The van der Waals surface area contributed by atoms with E-state index >= 15 is 0 Å². The van der Waals surface area contributed by atoms with Crippen LogP contribution in [-0.4, -0.2) is 37.4 Å². The Kier molecular flexibility index (Phi) is 21.9. The first-order chi connectivity index (χ1) is 12.0. The quantitative estimate of drug-likeness (QED) is 0.236. The second-order valence-corrected chi connectivity index (χ2v) is 6.15. The molecule has 138 valence electrons. The Morgan fingerprint density at radius 3 is 2.30 bits per heavy atom. The van der Waals surface area contributed by atoms with Gasteiger partial charge in [0, 0.05) is 32.5 Å². The Morgan fingerprint density at radius 1 is 1.00 bits per heavy atom. The molecule has 1 aromatic rings. The number of benzene rings is 1. The van der Waals surface area contributed by atoms with E-state index in [1.54, 1.807) is 24.3 Å². The fourth-order valence-corrected chi connectivity index (χ4v) is 2.14. The number of hydrogen-bond donors (Lipinski definition) is 0. The van der Waals surface area contributed by atoms with E-state index in [1.165, 1.54) is 0 Å². The minimum Gasteiger partial charge on any atom is -0.651 e. The molecule has 0 unspecified atom stereocenters. The summed E-state index contributed by atoms with van der Waals surface area (Å²) in [6.07, 6.45) is 1.46. The van der Waals surface area contributed by atoms with Crippen LogP contribution in [0, 0.1) is 5.92 Å². The van der Waals surface area contributed by atoms with Crippen LogP contribution in [0.3, 0.4) is 0 Å². The van der Waals surface area contributed by atoms with Gasteiger partial charge in [0.2, 0.25) is 0 Å². The molecular weight excluding hydrogens is 491 g/mol. The smallest absolute Gasteiger partial charge is 0.651 e. The first kappa shape index (κ1) is 30.6. The molecule has 0 aliphatic carbocycles. The van der Waals surface area contributed by atoms with Crippen molar-refractivity contribution in [3.8, 4) is 0 Å². The van der Waals surface area contributed by atoms with Crippen molar-refractivity contribution in [2.24, 2.45) is 5.92 Å². The molecule has 0 aromatic heterocycles. The second kappa shape index (κ2) is 19.4. The SMILES string of the molecule is CC(C)CC(=O)CCCOCC[N-]C(=O)CC(=O)[N-]c1ccccc1.[Rb+].[Rb+]. The summed E-state index contributed by atoms with van der Waals surface area (Å²) in [5.41, 5.74) is 0.524. The van der Waals surface area contributed by atoms with Crippen molar-refractivity contribution in [1.82, 2.24) is 0 Å². The number of rotatable bonds is 12. The minimum absolute atomic E-state index is 0. The van der Waals surface area contributed by atoms with Gasteiger partial charge in [0.25, 0.3) is 0 Å². The minimum atomic E-state index is -0.510. The predicted molar refractivity (Wildman–Crippen MR) is 96.8 cm³/mol. The van der Waals surface area contributed by atoms with Gasteiger partial charge in [0.1, 0.15) is 5.78 Å². The number of ether oxygens (including phenoxy) is 1. The molecule has 1 aromatic carbocycles. The molecule has 0 bridgehead atoms. The number of para-hydroxylation sites is 1. The molecule has 0 spiro atoms. The van der Waals surface area contributed by atoms with E-state index in [0.29, 0.717) is 44.1 Å². The fourth-order valence-electron chi connectivity index (χ4n) is 2.14. The van der Waals surface area contributed by atoms with Gasteiger partial charge in [-0.3, -0.25) is 4.79 Å². The molecule has 0 saturated heterocycles. The van der Waals surface area contributed by atoms with Gasteiger partial charge in [0.05, 0.1) is 11.8 Å². The van der Waals surface area contributed by atoms with E-state index < -0.39 is 11.8 Å². The van der Waals surface area contributed by atoms with Gasteiger partial charge in [-0.2, -0.15) is 0 Å². The fraction of sp³-hybridized carbons (Fsp3) is 0.526. The summed E-state index contributed by atoms with van der Waals surface area (Å²) in [4.78, 5) is 34.7. The summed E-state index contributed by atoms with van der Waals surface area (Å²) in [7, 11) is 0. The van der Waals surface area contributed by atoms with E-state index in [1.807, 2.05) is 19.9 Å². The maximum Gasteiger partial charge on any atom is 1.00 e. The van der Waals surface area contributed by atoms with Crippen molar-refractivity contribution in [3.05, 3.63) is 41.0 Å². The standard InChI is InChI=1S/C19H28N2O4.2Rb/c1-15(2)13-17(22)9-6-11-25-12-10-20-18(23)14-19(24)21-16-7-4-3-5-8-16;;/h3-5,7-8,15H,6,9-14H2,1-2H3,(H2,20,21,23,24);;/q;2*+1/p-2. The Balaban J connectivity index is 0. The molecule has 0 atom stereocenters. The normalized spacial score (nSPS) is 9.74. The molecule has 6 nitrogen and oxygen atoms in total. The van der Waals surface area contributed by atoms with E-state index in [0.717, 1.165) is 0 Å². The van der Waals surface area contributed by atoms with Gasteiger partial charge in [0.15, 0.2) is 0 Å². The van der Waals surface area contributed by atoms with Crippen LogP contribution in [0.4, 0.5) is 5.69 Å². The molecule has 0 aliphatic heterocycles. The summed E-state index contributed by atoms with van der Waals surface area (Å²) < 4.78 is 5.33. The molecule has 0 aliphatic rings. The molecule has 0 heterocycles. The van der Waals surface area contributed by atoms with Gasteiger partial charge in [-0.05, 0) is 12.3 Å². The molecule has 0 radical (unpaired) electrons. The Labute approximate surface area is 259 Å². The summed E-state index contributed by atoms with van der Waals surface area (Å²) in [5.74, 6) is -0.376. The number of amides is 2. The van der Waals surface area contributed by atoms with Crippen molar-refractivity contribution < 1.29 is 135 Å². The maximum absolute atomic E-state index is 11.6. The molecule has 27 heavy (non-hydrogen) atoms. The van der Waals surface area contributed by atoms with Crippen LogP contribution in [0.25, 0.3) is 10.6 Å². The number of hydrogen-bond acceptors (Lipinski definition) is 4. The van der Waals surface area contributed by atoms with Crippen LogP contribution in [-0.2, 0) is 19.1 Å². The number of Topliss-reactive ketones (excluding diaryl/α,β-unsaturated/α-hetero) is 1. The number of ketones is 1. The molecular formula is C19H26N2O4Rb2. The molecule has 1 rings (SSSR count). The first-order valence-electron chi connectivity index (χ1n) is 8.56. The summed E-state index contributed by atoms with van der Waals surface area (Å²) in [6.45, 7) is 5.01. The predicted octanol–water partition coefficient (Wildman–Crippen LogP) is -2.07. The third-order valence-corrected chi connectivity index (χ3v) is 3.22. The Bertz CT molecular complexity index is 554. The third-order valence-electron chi connectivity index (χ3n) is 3.22. The zero-order valence-electron chi connectivity index (χ0n) is 16.9. The average Bonchev–Trinajstić information content (AvgIpc) is 2.54. The number of carbonyl (C=O) groups is 3. The van der Waals surface area contributed by atoms with Gasteiger partial charge in [-0.25, -0.2) is 0 Å². The second-order valence-electron chi connectivity index (χ2n) is 6.15. The van der Waals surface area contributed by atoms with Gasteiger partial charge < -0.3 is 25.0 Å². The van der Waals surface area contributed by atoms with Crippen molar-refractivity contribution in [3.63, 3.8) is 0 Å². The summed E-state index contributed by atoms with van der Waals surface area (Å²) in [5, 5.41) is 7.59. The monoisotopic (exact) mass is 516 g/mol. The first-order valence-corrected chi connectivity index (χ1v) is 8.56. The van der Waals surface area contributed by atoms with Gasteiger partial charge in [-0.1, -0.05) is 44.2 Å². The van der Waals surface area contributed by atoms with Crippen LogP contribution in [0.15, 0.2) is 30.3 Å². The van der Waals surface area contributed by atoms with E-state index in [9.17, 15) is 14.4 Å². The van der Waals surface area contributed by atoms with Gasteiger partial charge >= 0.3 is 116 Å². The molecule has 0 N–H and O–H groups in total. The number of nitrogens with zero attached hydrogens (tertiary/aromatic N) is 2. The maximum atomic E-state index is 11.6. The van der Waals surface area contributed by atoms with Crippen molar-refractivity contribution in [2.45, 2.75) is 39.5 Å². The van der Waals surface area contributed by atoms with Gasteiger partial charge in [-0.15, -0.1) is 12.2 Å². The topological polar surface area (TPSA) is 88.6 Å². The van der Waals surface area contributed by atoms with Crippen molar-refractivity contribution in [1.29, 1.82) is 0 Å². The molecule has 0 fully saturated rings. The van der Waals surface area contributed by atoms with Crippen LogP contribution >= 0.6 is 0 Å². The molecule has 0 saturated carbocycles. The van der Waals surface area contributed by atoms with E-state index in [-0.39, 0.29) is 135 Å². The summed E-state index contributed by atoms with van der Waals surface area (Å²) in [6, 6.07) is 8.75. The Morgan fingerprint density at radius 2 is 1.67 bits per heavy atom. The van der Waals surface area contributed by atoms with Crippen LogP contribution in [0.1, 0.15) is 39.5 Å². The van der Waals surface area contributed by atoms with E-state index in [2.05, 4.69) is 10.6 Å². The Hall–Kier alpha value is 1.40. The third kappa shape index (κ3) is 17.9. The van der Waals surface area contributed by atoms with Crippen molar-refractivity contribution in [2.75, 3.05) is 19.8 Å². The zero-order chi connectivity index (χ0) is 18.5. The largest absolute Gasteiger partial charge is 1.00 e. The molecule has 8 heteroatoms. The van der Waals surface area contributed by atoms with Crippen LogP contribution < -0.4 is 116 Å². The van der Waals surface area contributed by atoms with E-state index in [4.69, 9.17) is 4.74 Å². The zero-order valence-corrected chi connectivity index (χ0v) is 26.8. The van der Waals surface area contributed by atoms with Crippen molar-refractivity contribution >= 4 is 23.3 Å². The van der Waals surface area contributed by atoms with Crippen LogP contribution in [0.5, 0.6) is 0 Å². The molecule has 2 amide bonds. The average molecular weight is 517 g/mol. The number of carbonyl (C=O) groups excluding carboxylic acids is 3.